The highest BCUT2D eigenvalue weighted by Crippen LogP contribution is 2.12. The van der Waals surface area contributed by atoms with E-state index in [4.69, 9.17) is 0 Å². The lowest BCUT2D eigenvalue weighted by atomic mass is 10.3. The van der Waals surface area contributed by atoms with Crippen LogP contribution >= 0.6 is 11.3 Å². The molecule has 0 aliphatic heterocycles. The number of hydrogen-bond donors (Lipinski definition) is 2. The molecule has 2 heterocycles. The Morgan fingerprint density at radius 3 is 3.11 bits per heavy atom. The van der Waals surface area contributed by atoms with Gasteiger partial charge in [0.15, 0.2) is 0 Å². The second-order valence-electron chi connectivity index (χ2n) is 4.31. The molecule has 0 aliphatic rings. The van der Waals surface area contributed by atoms with Gasteiger partial charge in [-0.2, -0.15) is 0 Å². The minimum absolute atomic E-state index is 0.00590. The van der Waals surface area contributed by atoms with Crippen molar-refractivity contribution in [3.05, 3.63) is 28.1 Å². The molecule has 6 nitrogen and oxygen atoms in total. The molecule has 0 aromatic carbocycles. The van der Waals surface area contributed by atoms with Crippen LogP contribution in [0.1, 0.15) is 6.92 Å². The van der Waals surface area contributed by atoms with Crippen molar-refractivity contribution < 1.29 is 4.79 Å². The van der Waals surface area contributed by atoms with Crippen molar-refractivity contribution in [2.75, 3.05) is 13.6 Å². The molecule has 1 unspecified atom stereocenters. The molecule has 0 aliphatic carbocycles. The Hall–Kier alpha value is -1.73. The molecule has 0 fully saturated rings. The number of nitrogens with zero attached hydrogens (tertiary/aromatic N) is 2. The molecule has 1 amide bonds. The molecule has 0 spiro atoms. The van der Waals surface area contributed by atoms with Crippen LogP contribution in [0.25, 0.3) is 10.2 Å². The first-order valence-corrected chi connectivity index (χ1v) is 6.86. The minimum atomic E-state index is -0.194. The number of fused-ring (bicyclic) bond motifs is 1. The van der Waals surface area contributed by atoms with Crippen LogP contribution in [-0.2, 0) is 11.3 Å². The van der Waals surface area contributed by atoms with Gasteiger partial charge in [0.25, 0.3) is 5.56 Å². The van der Waals surface area contributed by atoms with Gasteiger partial charge in [0.05, 0.1) is 11.7 Å². The quantitative estimate of drug-likeness (QED) is 0.819. The highest BCUT2D eigenvalue weighted by Gasteiger charge is 2.09. The first-order chi connectivity index (χ1) is 9.11. The zero-order chi connectivity index (χ0) is 13.8. The lowest BCUT2D eigenvalue weighted by Crippen LogP contribution is -2.39. The molecule has 19 heavy (non-hydrogen) atoms. The smallest absolute Gasteiger partial charge is 0.262 e. The van der Waals surface area contributed by atoms with E-state index in [0.717, 1.165) is 0 Å². The summed E-state index contributed by atoms with van der Waals surface area (Å²) in [6.07, 6.45) is 1.42. The summed E-state index contributed by atoms with van der Waals surface area (Å²) in [6.45, 7) is 2.48. The number of aromatic nitrogens is 2. The van der Waals surface area contributed by atoms with Crippen molar-refractivity contribution in [3.63, 3.8) is 0 Å². The Balaban J connectivity index is 2.07. The summed E-state index contributed by atoms with van der Waals surface area (Å²) in [5, 5.41) is 8.16. The van der Waals surface area contributed by atoms with Gasteiger partial charge in [0.2, 0.25) is 5.91 Å². The summed E-state index contributed by atoms with van der Waals surface area (Å²) < 4.78 is 1.33. The number of nitrogens with one attached hydrogen (secondary N) is 2. The maximum atomic E-state index is 12.1. The van der Waals surface area contributed by atoms with Crippen LogP contribution in [0.4, 0.5) is 0 Å². The lowest BCUT2D eigenvalue weighted by molar-refractivity contribution is -0.121. The fourth-order valence-electron chi connectivity index (χ4n) is 1.59. The van der Waals surface area contributed by atoms with Gasteiger partial charge in [-0.1, -0.05) is 0 Å². The van der Waals surface area contributed by atoms with E-state index in [1.807, 2.05) is 19.4 Å². The van der Waals surface area contributed by atoms with Crippen molar-refractivity contribution in [1.82, 2.24) is 20.2 Å². The van der Waals surface area contributed by atoms with Crippen molar-refractivity contribution in [2.24, 2.45) is 0 Å². The van der Waals surface area contributed by atoms with Gasteiger partial charge in [-0.3, -0.25) is 14.2 Å². The largest absolute Gasteiger partial charge is 0.353 e. The Labute approximate surface area is 114 Å². The van der Waals surface area contributed by atoms with Crippen LogP contribution in [0.5, 0.6) is 0 Å². The molecule has 2 rings (SSSR count). The highest BCUT2D eigenvalue weighted by atomic mass is 32.1. The fourth-order valence-corrected chi connectivity index (χ4v) is 2.31. The van der Waals surface area contributed by atoms with E-state index in [-0.39, 0.29) is 24.1 Å². The first kappa shape index (κ1) is 13.7. The van der Waals surface area contributed by atoms with E-state index in [0.29, 0.717) is 16.8 Å². The van der Waals surface area contributed by atoms with Gasteiger partial charge < -0.3 is 10.6 Å². The number of likely N-dealkylation sites (N-methyl/N-ethyl adjacent to an activating group) is 1. The topological polar surface area (TPSA) is 76.0 Å². The lowest BCUT2D eigenvalue weighted by Gasteiger charge is -2.11. The van der Waals surface area contributed by atoms with Gasteiger partial charge in [0.1, 0.15) is 11.4 Å². The van der Waals surface area contributed by atoms with Crippen LogP contribution in [0, 0.1) is 0 Å². The fraction of sp³-hybridized carbons (Fsp3) is 0.417. The average Bonchev–Trinajstić information content (AvgIpc) is 2.88. The van der Waals surface area contributed by atoms with E-state index >= 15 is 0 Å². The Morgan fingerprint density at radius 1 is 1.58 bits per heavy atom. The Bertz CT molecular complexity index is 634. The van der Waals surface area contributed by atoms with Gasteiger partial charge in [0, 0.05) is 12.6 Å². The highest BCUT2D eigenvalue weighted by molar-refractivity contribution is 7.16. The van der Waals surface area contributed by atoms with Crippen LogP contribution in [-0.4, -0.2) is 35.1 Å². The second kappa shape index (κ2) is 5.94. The van der Waals surface area contributed by atoms with Gasteiger partial charge >= 0.3 is 0 Å². The first-order valence-electron chi connectivity index (χ1n) is 5.98. The molecule has 0 radical (unpaired) electrons. The minimum Gasteiger partial charge on any atom is -0.353 e. The second-order valence-corrected chi connectivity index (χ2v) is 5.21. The maximum Gasteiger partial charge on any atom is 0.262 e. The van der Waals surface area contributed by atoms with E-state index < -0.39 is 0 Å². The standard InChI is InChI=1S/C12H16N4O2S/c1-8(13-2)5-14-10(17)6-16-7-15-11-9(12(16)18)3-4-19-11/h3-4,7-8,13H,5-6H2,1-2H3,(H,14,17). The molecule has 0 bridgehead atoms. The number of carbonyl (C=O) groups excluding carboxylic acids is 1. The van der Waals surface area contributed by atoms with E-state index in [1.165, 1.54) is 22.2 Å². The maximum absolute atomic E-state index is 12.1. The molecule has 2 aromatic heterocycles. The summed E-state index contributed by atoms with van der Waals surface area (Å²) in [5.41, 5.74) is -0.178. The third-order valence-electron chi connectivity index (χ3n) is 2.86. The summed E-state index contributed by atoms with van der Waals surface area (Å²) in [4.78, 5) is 28.6. The predicted octanol–water partition coefficient (Wildman–Crippen LogP) is 0.182. The SMILES string of the molecule is CNC(C)CNC(=O)Cn1cnc2sccc2c1=O. The van der Waals surface area contributed by atoms with Crippen molar-refractivity contribution >= 4 is 27.5 Å². The van der Waals surface area contributed by atoms with Gasteiger partial charge in [-0.15, -0.1) is 11.3 Å². The van der Waals surface area contributed by atoms with Gasteiger partial charge in [-0.25, -0.2) is 4.98 Å². The summed E-state index contributed by atoms with van der Waals surface area (Å²) in [6, 6.07) is 1.92. The monoisotopic (exact) mass is 280 g/mol. The van der Waals surface area contributed by atoms with Gasteiger partial charge in [-0.05, 0) is 25.4 Å². The number of thiophene rings is 1. The Morgan fingerprint density at radius 2 is 2.37 bits per heavy atom. The molecule has 0 saturated heterocycles. The molecular weight excluding hydrogens is 264 g/mol. The van der Waals surface area contributed by atoms with Crippen molar-refractivity contribution in [2.45, 2.75) is 19.5 Å². The third kappa shape index (κ3) is 3.18. The zero-order valence-corrected chi connectivity index (χ0v) is 11.7. The molecule has 0 saturated carbocycles. The predicted molar refractivity (Wildman–Crippen MR) is 75.4 cm³/mol. The number of rotatable bonds is 5. The van der Waals surface area contributed by atoms with E-state index in [1.54, 1.807) is 6.07 Å². The molecule has 102 valence electrons. The van der Waals surface area contributed by atoms with Crippen LogP contribution < -0.4 is 16.2 Å². The molecular formula is C12H16N4O2S. The molecule has 2 aromatic rings. The average molecular weight is 280 g/mol. The summed E-state index contributed by atoms with van der Waals surface area (Å²) in [7, 11) is 1.83. The zero-order valence-electron chi connectivity index (χ0n) is 10.8. The molecule has 2 N–H and O–H groups in total. The number of amides is 1. The molecule has 7 heteroatoms. The van der Waals surface area contributed by atoms with E-state index in [2.05, 4.69) is 15.6 Å². The number of hydrogen-bond acceptors (Lipinski definition) is 5. The summed E-state index contributed by atoms with van der Waals surface area (Å²) >= 11 is 1.41. The normalized spacial score (nSPS) is 12.5. The van der Waals surface area contributed by atoms with E-state index in [9.17, 15) is 9.59 Å². The number of carbonyl (C=O) groups is 1. The Kier molecular flexibility index (Phi) is 4.28. The van der Waals surface area contributed by atoms with Crippen LogP contribution in [0.2, 0.25) is 0 Å². The van der Waals surface area contributed by atoms with Crippen molar-refractivity contribution in [3.8, 4) is 0 Å². The molecule has 1 atom stereocenters. The third-order valence-corrected chi connectivity index (χ3v) is 3.68. The van der Waals surface area contributed by atoms with Crippen LogP contribution in [0.3, 0.4) is 0 Å². The summed E-state index contributed by atoms with van der Waals surface area (Å²) in [5.74, 6) is -0.194. The van der Waals surface area contributed by atoms with Crippen molar-refractivity contribution in [1.29, 1.82) is 0 Å². The van der Waals surface area contributed by atoms with Crippen LogP contribution in [0.15, 0.2) is 22.6 Å².